The van der Waals surface area contributed by atoms with Gasteiger partial charge in [-0.2, -0.15) is 0 Å². The predicted octanol–water partition coefficient (Wildman–Crippen LogP) is 4.04. The molecule has 3 rings (SSSR count). The van der Waals surface area contributed by atoms with Crippen molar-refractivity contribution in [2.45, 2.75) is 39.2 Å². The highest BCUT2D eigenvalue weighted by Crippen LogP contribution is 2.42. The van der Waals surface area contributed by atoms with Crippen LogP contribution >= 0.6 is 0 Å². The number of nitrogens with zero attached hydrogens (tertiary/aromatic N) is 2. The van der Waals surface area contributed by atoms with E-state index in [-0.39, 0.29) is 18.2 Å². The molecule has 7 heteroatoms. The highest BCUT2D eigenvalue weighted by atomic mass is 16.5. The normalized spacial score (nSPS) is 17.8. The third kappa shape index (κ3) is 6.08. The van der Waals surface area contributed by atoms with E-state index in [0.29, 0.717) is 6.54 Å². The number of carbonyl (C=O) groups excluding carboxylic acids is 2. The van der Waals surface area contributed by atoms with Gasteiger partial charge in [-0.05, 0) is 67.9 Å². The van der Waals surface area contributed by atoms with Crippen LogP contribution in [0, 0.1) is 5.92 Å². The maximum Gasteiger partial charge on any atom is 0.228 e. The molecule has 0 aromatic heterocycles. The first kappa shape index (κ1) is 25.6. The lowest BCUT2D eigenvalue weighted by Crippen LogP contribution is -2.40. The minimum Gasteiger partial charge on any atom is -0.497 e. The number of nitrogens with one attached hydrogen (secondary N) is 1. The zero-order chi connectivity index (χ0) is 24.5. The summed E-state index contributed by atoms with van der Waals surface area (Å²) in [6, 6.07) is 14.6. The Kier molecular flexibility index (Phi) is 9.33. The average Bonchev–Trinajstić information content (AvgIpc) is 3.21. The van der Waals surface area contributed by atoms with Gasteiger partial charge in [0.15, 0.2) is 0 Å². The van der Waals surface area contributed by atoms with E-state index in [1.807, 2.05) is 48.5 Å². The van der Waals surface area contributed by atoms with Gasteiger partial charge in [-0.1, -0.05) is 26.0 Å². The van der Waals surface area contributed by atoms with Crippen LogP contribution in [-0.4, -0.2) is 57.1 Å². The summed E-state index contributed by atoms with van der Waals surface area (Å²) < 4.78 is 10.6. The van der Waals surface area contributed by atoms with Crippen molar-refractivity contribution in [2.24, 2.45) is 5.92 Å². The molecule has 0 bridgehead atoms. The first-order chi connectivity index (χ1) is 16.5. The second-order valence-corrected chi connectivity index (χ2v) is 8.62. The van der Waals surface area contributed by atoms with Gasteiger partial charge in [-0.25, -0.2) is 0 Å². The Morgan fingerprint density at radius 1 is 0.941 bits per heavy atom. The molecule has 1 saturated heterocycles. The third-order valence-corrected chi connectivity index (χ3v) is 6.27. The maximum absolute atomic E-state index is 13.3. The molecule has 2 amide bonds. The van der Waals surface area contributed by atoms with E-state index in [1.165, 1.54) is 0 Å². The molecule has 1 heterocycles. The van der Waals surface area contributed by atoms with Gasteiger partial charge < -0.3 is 24.6 Å². The summed E-state index contributed by atoms with van der Waals surface area (Å²) in [5.74, 6) is 0.822. The van der Waals surface area contributed by atoms with Gasteiger partial charge in [0.2, 0.25) is 11.8 Å². The van der Waals surface area contributed by atoms with Crippen LogP contribution in [-0.2, 0) is 9.59 Å². The molecule has 0 aliphatic carbocycles. The fourth-order valence-electron chi connectivity index (χ4n) is 4.64. The number of hydrogen-bond donors (Lipinski definition) is 1. The lowest BCUT2D eigenvalue weighted by Gasteiger charge is -2.29. The molecule has 1 aliphatic rings. The molecule has 2 aromatic carbocycles. The highest BCUT2D eigenvalue weighted by molar-refractivity contribution is 6.01. The Balaban J connectivity index is 1.82. The number of rotatable bonds is 12. The molecule has 1 aliphatic heterocycles. The first-order valence-electron chi connectivity index (χ1n) is 12.1. The highest BCUT2D eigenvalue weighted by Gasteiger charge is 2.45. The Labute approximate surface area is 203 Å². The van der Waals surface area contributed by atoms with Gasteiger partial charge in [0.05, 0.1) is 26.2 Å². The zero-order valence-corrected chi connectivity index (χ0v) is 20.8. The fraction of sp³-hybridized carbons (Fsp3) is 0.481. The molecule has 2 aromatic rings. The molecular formula is C27H37N3O4. The summed E-state index contributed by atoms with van der Waals surface area (Å²) >= 11 is 0. The van der Waals surface area contributed by atoms with Crippen molar-refractivity contribution in [3.63, 3.8) is 0 Å². The molecule has 0 radical (unpaired) electrons. The van der Waals surface area contributed by atoms with Gasteiger partial charge in [-0.15, -0.1) is 0 Å². The van der Waals surface area contributed by atoms with Crippen LogP contribution in [0.15, 0.2) is 48.5 Å². The molecule has 1 N–H and O–H groups in total. The van der Waals surface area contributed by atoms with Crippen LogP contribution < -0.4 is 19.7 Å². The van der Waals surface area contributed by atoms with E-state index < -0.39 is 12.0 Å². The van der Waals surface area contributed by atoms with Crippen molar-refractivity contribution < 1.29 is 19.1 Å². The van der Waals surface area contributed by atoms with Crippen LogP contribution in [0.2, 0.25) is 0 Å². The maximum atomic E-state index is 13.3. The number of carbonyl (C=O) groups is 2. The van der Waals surface area contributed by atoms with Crippen molar-refractivity contribution >= 4 is 17.5 Å². The summed E-state index contributed by atoms with van der Waals surface area (Å²) in [5.41, 5.74) is 1.65. The van der Waals surface area contributed by atoms with Crippen molar-refractivity contribution in [3.8, 4) is 11.5 Å². The summed E-state index contributed by atoms with van der Waals surface area (Å²) in [6.07, 6.45) is 2.34. The van der Waals surface area contributed by atoms with Gasteiger partial charge in [-0.3, -0.25) is 9.59 Å². The smallest absolute Gasteiger partial charge is 0.228 e. The van der Waals surface area contributed by atoms with Crippen LogP contribution in [0.25, 0.3) is 0 Å². The fourth-order valence-corrected chi connectivity index (χ4v) is 4.64. The second-order valence-electron chi connectivity index (χ2n) is 8.62. The lowest BCUT2D eigenvalue weighted by molar-refractivity contribution is -0.126. The van der Waals surface area contributed by atoms with E-state index in [1.54, 1.807) is 19.1 Å². The second kappa shape index (κ2) is 12.4. The summed E-state index contributed by atoms with van der Waals surface area (Å²) in [6.45, 7) is 7.75. The predicted molar refractivity (Wildman–Crippen MR) is 134 cm³/mol. The SMILES string of the molecule is CCCN(CCC)CCNC(=O)[C@H]1CC(=O)N(c2ccc(OC)cc2)[C@@H]1c1ccc(OC)cc1. The molecule has 0 spiro atoms. The minimum atomic E-state index is -0.478. The van der Waals surface area contributed by atoms with Gasteiger partial charge in [0, 0.05) is 25.2 Å². The Morgan fingerprint density at radius 3 is 2.03 bits per heavy atom. The first-order valence-corrected chi connectivity index (χ1v) is 12.1. The van der Waals surface area contributed by atoms with E-state index in [9.17, 15) is 9.59 Å². The average molecular weight is 468 g/mol. The van der Waals surface area contributed by atoms with E-state index in [4.69, 9.17) is 9.47 Å². The molecule has 34 heavy (non-hydrogen) atoms. The summed E-state index contributed by atoms with van der Waals surface area (Å²) in [4.78, 5) is 30.6. The van der Waals surface area contributed by atoms with Crippen molar-refractivity contribution in [2.75, 3.05) is 45.3 Å². The number of benzene rings is 2. The topological polar surface area (TPSA) is 71.1 Å². The standard InChI is InChI=1S/C27H37N3O4/c1-5-16-29(17-6-2)18-15-28-27(32)24-19-25(31)30(21-9-13-23(34-4)14-10-21)26(24)20-7-11-22(33-3)12-8-20/h7-14,24,26H,5-6,15-19H2,1-4H3,(H,28,32)/t24-,26+/m0/s1. The molecule has 0 saturated carbocycles. The van der Waals surface area contributed by atoms with Gasteiger partial charge >= 0.3 is 0 Å². The molecule has 7 nitrogen and oxygen atoms in total. The number of methoxy groups -OCH3 is 2. The number of hydrogen-bond acceptors (Lipinski definition) is 5. The Hall–Kier alpha value is -3.06. The van der Waals surface area contributed by atoms with Crippen LogP contribution in [0.4, 0.5) is 5.69 Å². The molecule has 2 atom stereocenters. The van der Waals surface area contributed by atoms with E-state index in [2.05, 4.69) is 24.1 Å². The molecular weight excluding hydrogens is 430 g/mol. The van der Waals surface area contributed by atoms with Crippen LogP contribution in [0.5, 0.6) is 11.5 Å². The number of anilines is 1. The Morgan fingerprint density at radius 2 is 1.50 bits per heavy atom. The van der Waals surface area contributed by atoms with E-state index >= 15 is 0 Å². The zero-order valence-electron chi connectivity index (χ0n) is 20.8. The Bertz CT molecular complexity index is 924. The van der Waals surface area contributed by atoms with Gasteiger partial charge in [0.1, 0.15) is 11.5 Å². The third-order valence-electron chi connectivity index (χ3n) is 6.27. The van der Waals surface area contributed by atoms with Crippen LogP contribution in [0.1, 0.15) is 44.7 Å². The lowest BCUT2D eigenvalue weighted by atomic mass is 9.92. The van der Waals surface area contributed by atoms with Crippen molar-refractivity contribution in [3.05, 3.63) is 54.1 Å². The van der Waals surface area contributed by atoms with Crippen molar-refractivity contribution in [1.82, 2.24) is 10.2 Å². The molecule has 0 unspecified atom stereocenters. The van der Waals surface area contributed by atoms with Crippen molar-refractivity contribution in [1.29, 1.82) is 0 Å². The largest absolute Gasteiger partial charge is 0.497 e. The summed E-state index contributed by atoms with van der Waals surface area (Å²) in [5, 5.41) is 3.10. The summed E-state index contributed by atoms with van der Waals surface area (Å²) in [7, 11) is 3.23. The minimum absolute atomic E-state index is 0.0651. The van der Waals surface area contributed by atoms with Gasteiger partial charge in [0.25, 0.3) is 0 Å². The molecule has 184 valence electrons. The quantitative estimate of drug-likeness (QED) is 0.510. The van der Waals surface area contributed by atoms with E-state index in [0.717, 1.165) is 55.2 Å². The monoisotopic (exact) mass is 467 g/mol. The van der Waals surface area contributed by atoms with Crippen LogP contribution in [0.3, 0.4) is 0 Å². The molecule has 1 fully saturated rings. The number of amides is 2. The number of ether oxygens (including phenoxy) is 2.